The number of aliphatic hydroxyl groups is 1. The quantitative estimate of drug-likeness (QED) is 0.862. The van der Waals surface area contributed by atoms with Crippen molar-refractivity contribution in [3.05, 3.63) is 29.8 Å². The zero-order valence-electron chi connectivity index (χ0n) is 12.5. The monoisotopic (exact) mass is 313 g/mol. The maximum Gasteiger partial charge on any atom is 0.243 e. The fourth-order valence-electron chi connectivity index (χ4n) is 2.65. The van der Waals surface area contributed by atoms with E-state index in [9.17, 15) is 8.42 Å². The number of aliphatic hydroxyl groups excluding tert-OH is 1. The summed E-state index contributed by atoms with van der Waals surface area (Å²) < 4.78 is 32.1. The standard InChI is InChI=1S/C15H23NO4S/c1-12-15(9-11-20-12)16(2)21(18,19)14-7-5-13(6-8-14)4-3-10-17/h5-8,12,15,17H,3-4,9-11H2,1-2H3. The molecule has 0 saturated carbocycles. The van der Waals surface area contributed by atoms with Gasteiger partial charge in [-0.25, -0.2) is 8.42 Å². The number of sulfonamides is 1. The first-order valence-electron chi connectivity index (χ1n) is 7.26. The van der Waals surface area contributed by atoms with E-state index in [1.54, 1.807) is 19.2 Å². The minimum absolute atomic E-state index is 0.0754. The van der Waals surface area contributed by atoms with Crippen LogP contribution in [0.3, 0.4) is 0 Å². The van der Waals surface area contributed by atoms with E-state index in [1.165, 1.54) is 4.31 Å². The lowest BCUT2D eigenvalue weighted by molar-refractivity contribution is 0.102. The summed E-state index contributed by atoms with van der Waals surface area (Å²) in [5.74, 6) is 0. The van der Waals surface area contributed by atoms with Gasteiger partial charge in [0.1, 0.15) is 0 Å². The summed E-state index contributed by atoms with van der Waals surface area (Å²) in [5.41, 5.74) is 1.03. The molecule has 1 aromatic rings. The molecule has 0 aromatic heterocycles. The van der Waals surface area contributed by atoms with Crippen molar-refractivity contribution in [1.29, 1.82) is 0 Å². The number of hydrogen-bond donors (Lipinski definition) is 1. The summed E-state index contributed by atoms with van der Waals surface area (Å²) in [6, 6.07) is 6.79. The molecular formula is C15H23NO4S. The van der Waals surface area contributed by atoms with Gasteiger partial charge in [-0.1, -0.05) is 12.1 Å². The number of aryl methyl sites for hydroxylation is 1. The number of nitrogens with zero attached hydrogens (tertiary/aromatic N) is 1. The molecule has 5 nitrogen and oxygen atoms in total. The maximum atomic E-state index is 12.6. The van der Waals surface area contributed by atoms with Gasteiger partial charge in [-0.3, -0.25) is 0 Å². The molecule has 0 radical (unpaired) electrons. The van der Waals surface area contributed by atoms with E-state index in [2.05, 4.69) is 0 Å². The number of ether oxygens (including phenoxy) is 1. The van der Waals surface area contributed by atoms with Crippen molar-refractivity contribution in [2.45, 2.75) is 43.2 Å². The lowest BCUT2D eigenvalue weighted by atomic mass is 10.1. The van der Waals surface area contributed by atoms with Crippen LogP contribution in [0.5, 0.6) is 0 Å². The van der Waals surface area contributed by atoms with E-state index in [0.717, 1.165) is 18.4 Å². The van der Waals surface area contributed by atoms with Gasteiger partial charge in [0.2, 0.25) is 10.0 Å². The second-order valence-corrected chi connectivity index (χ2v) is 7.42. The van der Waals surface area contributed by atoms with Gasteiger partial charge in [0.25, 0.3) is 0 Å². The SMILES string of the molecule is CC1OCCC1N(C)S(=O)(=O)c1ccc(CCCO)cc1. The third kappa shape index (κ3) is 3.63. The average Bonchev–Trinajstić information content (AvgIpc) is 2.90. The predicted octanol–water partition coefficient (Wildman–Crippen LogP) is 1.41. The molecule has 2 unspecified atom stereocenters. The molecule has 1 N–H and O–H groups in total. The smallest absolute Gasteiger partial charge is 0.243 e. The van der Waals surface area contributed by atoms with Gasteiger partial charge in [-0.05, 0) is 43.9 Å². The van der Waals surface area contributed by atoms with Crippen LogP contribution < -0.4 is 0 Å². The van der Waals surface area contributed by atoms with E-state index < -0.39 is 10.0 Å². The highest BCUT2D eigenvalue weighted by Crippen LogP contribution is 2.25. The largest absolute Gasteiger partial charge is 0.396 e. The predicted molar refractivity (Wildman–Crippen MR) is 80.6 cm³/mol. The van der Waals surface area contributed by atoms with Gasteiger partial charge in [0, 0.05) is 20.3 Å². The number of benzene rings is 1. The highest BCUT2D eigenvalue weighted by molar-refractivity contribution is 7.89. The Labute approximate surface area is 126 Å². The molecule has 1 heterocycles. The molecule has 1 aliphatic heterocycles. The van der Waals surface area contributed by atoms with Crippen molar-refractivity contribution < 1.29 is 18.3 Å². The van der Waals surface area contributed by atoms with Gasteiger partial charge < -0.3 is 9.84 Å². The Morgan fingerprint density at radius 2 is 2.00 bits per heavy atom. The molecule has 118 valence electrons. The van der Waals surface area contributed by atoms with Crippen LogP contribution in [0, 0.1) is 0 Å². The Balaban J connectivity index is 2.15. The molecule has 1 aromatic carbocycles. The lowest BCUT2D eigenvalue weighted by Crippen LogP contribution is -2.40. The van der Waals surface area contributed by atoms with E-state index in [-0.39, 0.29) is 18.8 Å². The summed E-state index contributed by atoms with van der Waals surface area (Å²) in [6.45, 7) is 2.65. The van der Waals surface area contributed by atoms with E-state index in [0.29, 0.717) is 17.9 Å². The number of likely N-dealkylation sites (N-methyl/N-ethyl adjacent to an activating group) is 1. The average molecular weight is 313 g/mol. The number of rotatable bonds is 6. The van der Waals surface area contributed by atoms with Crippen LogP contribution >= 0.6 is 0 Å². The molecule has 2 atom stereocenters. The molecule has 1 fully saturated rings. The summed E-state index contributed by atoms with van der Waals surface area (Å²) in [7, 11) is -1.87. The van der Waals surface area contributed by atoms with Gasteiger partial charge >= 0.3 is 0 Å². The first-order valence-corrected chi connectivity index (χ1v) is 8.70. The van der Waals surface area contributed by atoms with Gasteiger partial charge in [-0.15, -0.1) is 0 Å². The molecule has 6 heteroatoms. The third-order valence-electron chi connectivity index (χ3n) is 4.03. The second kappa shape index (κ2) is 6.87. The summed E-state index contributed by atoms with van der Waals surface area (Å²) in [4.78, 5) is 0.303. The Hall–Kier alpha value is -0.950. The topological polar surface area (TPSA) is 66.8 Å². The fourth-order valence-corrected chi connectivity index (χ4v) is 4.10. The molecule has 0 amide bonds. The molecule has 2 rings (SSSR count). The lowest BCUT2D eigenvalue weighted by Gasteiger charge is -2.26. The minimum Gasteiger partial charge on any atom is -0.396 e. The van der Waals surface area contributed by atoms with E-state index >= 15 is 0 Å². The molecule has 0 aliphatic carbocycles. The Bertz CT molecular complexity index is 556. The van der Waals surface area contributed by atoms with Gasteiger partial charge in [-0.2, -0.15) is 4.31 Å². The van der Waals surface area contributed by atoms with E-state index in [4.69, 9.17) is 9.84 Å². The van der Waals surface area contributed by atoms with Crippen molar-refractivity contribution >= 4 is 10.0 Å². The van der Waals surface area contributed by atoms with Crippen LogP contribution in [0.25, 0.3) is 0 Å². The van der Waals surface area contributed by atoms with Crippen molar-refractivity contribution in [2.24, 2.45) is 0 Å². The second-order valence-electron chi connectivity index (χ2n) is 5.42. The van der Waals surface area contributed by atoms with Crippen LogP contribution in [0.4, 0.5) is 0 Å². The Morgan fingerprint density at radius 1 is 1.33 bits per heavy atom. The number of hydrogen-bond acceptors (Lipinski definition) is 4. The van der Waals surface area contributed by atoms with Crippen molar-refractivity contribution in [3.8, 4) is 0 Å². The molecular weight excluding hydrogens is 290 g/mol. The highest BCUT2D eigenvalue weighted by Gasteiger charge is 2.35. The van der Waals surface area contributed by atoms with Crippen molar-refractivity contribution in [1.82, 2.24) is 4.31 Å². The van der Waals surface area contributed by atoms with E-state index in [1.807, 2.05) is 19.1 Å². The van der Waals surface area contributed by atoms with Crippen molar-refractivity contribution in [2.75, 3.05) is 20.3 Å². The highest BCUT2D eigenvalue weighted by atomic mass is 32.2. The summed E-state index contributed by atoms with van der Waals surface area (Å²) >= 11 is 0. The maximum absolute atomic E-state index is 12.6. The van der Waals surface area contributed by atoms with Crippen LogP contribution in [-0.4, -0.2) is 50.2 Å². The van der Waals surface area contributed by atoms with Gasteiger partial charge in [0.15, 0.2) is 0 Å². The van der Waals surface area contributed by atoms with Crippen LogP contribution in [-0.2, 0) is 21.2 Å². The third-order valence-corrected chi connectivity index (χ3v) is 5.92. The zero-order valence-corrected chi connectivity index (χ0v) is 13.3. The van der Waals surface area contributed by atoms with Crippen LogP contribution in [0.15, 0.2) is 29.2 Å². The molecule has 21 heavy (non-hydrogen) atoms. The molecule has 1 aliphatic rings. The Morgan fingerprint density at radius 3 is 2.52 bits per heavy atom. The molecule has 1 saturated heterocycles. The minimum atomic E-state index is -3.49. The van der Waals surface area contributed by atoms with Crippen molar-refractivity contribution in [3.63, 3.8) is 0 Å². The first kappa shape index (κ1) is 16.4. The summed E-state index contributed by atoms with van der Waals surface area (Å²) in [5, 5.41) is 8.82. The normalized spacial score (nSPS) is 22.9. The fraction of sp³-hybridized carbons (Fsp3) is 0.600. The van der Waals surface area contributed by atoms with Gasteiger partial charge in [0.05, 0.1) is 17.0 Å². The zero-order chi connectivity index (χ0) is 15.5. The Kier molecular flexibility index (Phi) is 5.37. The molecule has 0 bridgehead atoms. The van der Waals surface area contributed by atoms with Crippen LogP contribution in [0.1, 0.15) is 25.3 Å². The van der Waals surface area contributed by atoms with Crippen LogP contribution in [0.2, 0.25) is 0 Å². The molecule has 0 spiro atoms. The first-order chi connectivity index (χ1) is 9.96. The summed E-state index contributed by atoms with van der Waals surface area (Å²) in [6.07, 6.45) is 2.09.